The minimum absolute atomic E-state index is 0.188. The van der Waals surface area contributed by atoms with Crippen molar-refractivity contribution in [3.8, 4) is 0 Å². The lowest BCUT2D eigenvalue weighted by molar-refractivity contribution is 0.387. The molecule has 1 unspecified atom stereocenters. The highest BCUT2D eigenvalue weighted by atomic mass is 35.5. The van der Waals surface area contributed by atoms with Crippen molar-refractivity contribution in [3.05, 3.63) is 46.6 Å². The van der Waals surface area contributed by atoms with Crippen molar-refractivity contribution >= 4 is 11.6 Å². The normalized spacial score (nSPS) is 12.9. The van der Waals surface area contributed by atoms with Gasteiger partial charge in [-0.25, -0.2) is 0 Å². The molecule has 2 N–H and O–H groups in total. The summed E-state index contributed by atoms with van der Waals surface area (Å²) in [4.78, 5) is 0. The van der Waals surface area contributed by atoms with E-state index >= 15 is 0 Å². The lowest BCUT2D eigenvalue weighted by Crippen LogP contribution is -2.13. The SMILES string of the molecule is CC(C)CC(N)c1nnc(Cc2ccc(Cl)cc2)o1. The van der Waals surface area contributed by atoms with Gasteiger partial charge in [-0.3, -0.25) is 0 Å². The molecule has 0 saturated heterocycles. The molecule has 4 nitrogen and oxygen atoms in total. The first-order valence-corrected chi connectivity index (χ1v) is 6.74. The van der Waals surface area contributed by atoms with Gasteiger partial charge in [-0.05, 0) is 30.0 Å². The summed E-state index contributed by atoms with van der Waals surface area (Å²) >= 11 is 5.84. The summed E-state index contributed by atoms with van der Waals surface area (Å²) in [6, 6.07) is 7.39. The third-order valence-corrected chi connectivity index (χ3v) is 3.05. The Balaban J connectivity index is 2.02. The van der Waals surface area contributed by atoms with Gasteiger partial charge in [-0.15, -0.1) is 10.2 Å². The topological polar surface area (TPSA) is 64.9 Å². The molecule has 1 aromatic heterocycles. The van der Waals surface area contributed by atoms with E-state index in [1.165, 1.54) is 0 Å². The van der Waals surface area contributed by atoms with E-state index in [2.05, 4.69) is 24.0 Å². The van der Waals surface area contributed by atoms with Crippen molar-refractivity contribution in [1.29, 1.82) is 0 Å². The smallest absolute Gasteiger partial charge is 0.233 e. The van der Waals surface area contributed by atoms with Gasteiger partial charge < -0.3 is 10.2 Å². The van der Waals surface area contributed by atoms with Crippen LogP contribution >= 0.6 is 11.6 Å². The van der Waals surface area contributed by atoms with Crippen LogP contribution in [0.25, 0.3) is 0 Å². The fraction of sp³-hybridized carbons (Fsp3) is 0.429. The average molecular weight is 280 g/mol. The van der Waals surface area contributed by atoms with Crippen molar-refractivity contribution in [2.45, 2.75) is 32.7 Å². The number of nitrogens with two attached hydrogens (primary N) is 1. The summed E-state index contributed by atoms with van der Waals surface area (Å²) in [6.07, 6.45) is 1.43. The number of benzene rings is 1. The summed E-state index contributed by atoms with van der Waals surface area (Å²) < 4.78 is 5.60. The second kappa shape index (κ2) is 6.17. The molecule has 0 saturated carbocycles. The third-order valence-electron chi connectivity index (χ3n) is 2.79. The Bertz CT molecular complexity index is 522. The summed E-state index contributed by atoms with van der Waals surface area (Å²) in [6.45, 7) is 4.23. The number of hydrogen-bond donors (Lipinski definition) is 1. The van der Waals surface area contributed by atoms with Gasteiger partial charge in [0.05, 0.1) is 12.5 Å². The molecular formula is C14H18ClN3O. The second-order valence-electron chi connectivity index (χ2n) is 5.07. The van der Waals surface area contributed by atoms with Gasteiger partial charge in [0.2, 0.25) is 11.8 Å². The zero-order valence-corrected chi connectivity index (χ0v) is 11.9. The Morgan fingerprint density at radius 1 is 1.21 bits per heavy atom. The Kier molecular flexibility index (Phi) is 4.56. The highest BCUT2D eigenvalue weighted by Gasteiger charge is 2.15. The molecule has 0 amide bonds. The minimum Gasteiger partial charge on any atom is -0.423 e. The Hall–Kier alpha value is -1.39. The van der Waals surface area contributed by atoms with Crippen LogP contribution in [0.3, 0.4) is 0 Å². The number of nitrogens with zero attached hydrogens (tertiary/aromatic N) is 2. The van der Waals surface area contributed by atoms with Gasteiger partial charge in [0.25, 0.3) is 0 Å². The molecule has 0 aliphatic heterocycles. The molecule has 5 heteroatoms. The summed E-state index contributed by atoms with van der Waals surface area (Å²) in [5.74, 6) is 1.59. The maximum absolute atomic E-state index is 6.01. The summed E-state index contributed by atoms with van der Waals surface area (Å²) in [7, 11) is 0. The number of halogens is 1. The van der Waals surface area contributed by atoms with Gasteiger partial charge in [-0.1, -0.05) is 37.6 Å². The third kappa shape index (κ3) is 4.04. The Labute approximate surface area is 118 Å². The molecule has 102 valence electrons. The first kappa shape index (κ1) is 14.0. The van der Waals surface area contributed by atoms with Gasteiger partial charge in [0.1, 0.15) is 0 Å². The Morgan fingerprint density at radius 2 is 1.89 bits per heavy atom. The largest absolute Gasteiger partial charge is 0.423 e. The molecule has 19 heavy (non-hydrogen) atoms. The quantitative estimate of drug-likeness (QED) is 0.911. The first-order chi connectivity index (χ1) is 9.04. The fourth-order valence-corrected chi connectivity index (χ4v) is 2.00. The van der Waals surface area contributed by atoms with Crippen LogP contribution in [-0.4, -0.2) is 10.2 Å². The molecule has 2 rings (SSSR count). The molecule has 0 aliphatic rings. The molecular weight excluding hydrogens is 262 g/mol. The van der Waals surface area contributed by atoms with Crippen molar-refractivity contribution in [2.75, 3.05) is 0 Å². The van der Waals surface area contributed by atoms with Crippen LogP contribution < -0.4 is 5.73 Å². The monoisotopic (exact) mass is 279 g/mol. The van der Waals surface area contributed by atoms with E-state index in [1.807, 2.05) is 24.3 Å². The van der Waals surface area contributed by atoms with Gasteiger partial charge in [0.15, 0.2) is 0 Å². The predicted molar refractivity (Wildman–Crippen MR) is 74.9 cm³/mol. The molecule has 0 fully saturated rings. The number of hydrogen-bond acceptors (Lipinski definition) is 4. The molecule has 1 aromatic carbocycles. The highest BCUT2D eigenvalue weighted by Crippen LogP contribution is 2.19. The van der Waals surface area contributed by atoms with E-state index in [4.69, 9.17) is 21.8 Å². The van der Waals surface area contributed by atoms with Gasteiger partial charge in [-0.2, -0.15) is 0 Å². The Morgan fingerprint density at radius 3 is 2.53 bits per heavy atom. The van der Waals surface area contributed by atoms with E-state index < -0.39 is 0 Å². The van der Waals surface area contributed by atoms with Gasteiger partial charge in [0, 0.05) is 5.02 Å². The molecule has 1 heterocycles. The zero-order valence-electron chi connectivity index (χ0n) is 11.1. The lowest BCUT2D eigenvalue weighted by atomic mass is 10.0. The molecule has 0 radical (unpaired) electrons. The van der Waals surface area contributed by atoms with Gasteiger partial charge >= 0.3 is 0 Å². The van der Waals surface area contributed by atoms with Crippen LogP contribution in [0.4, 0.5) is 0 Å². The standard InChI is InChI=1S/C14H18ClN3O/c1-9(2)7-12(16)14-18-17-13(19-14)8-10-3-5-11(15)6-4-10/h3-6,9,12H,7-8,16H2,1-2H3. The fourth-order valence-electron chi connectivity index (χ4n) is 1.87. The van der Waals surface area contributed by atoms with Crippen LogP contribution in [0.5, 0.6) is 0 Å². The lowest BCUT2D eigenvalue weighted by Gasteiger charge is -2.08. The van der Waals surface area contributed by atoms with Crippen molar-refractivity contribution in [3.63, 3.8) is 0 Å². The molecule has 1 atom stereocenters. The minimum atomic E-state index is -0.188. The van der Waals surface area contributed by atoms with Crippen LogP contribution in [-0.2, 0) is 6.42 Å². The maximum Gasteiger partial charge on any atom is 0.233 e. The van der Waals surface area contributed by atoms with Crippen molar-refractivity contribution < 1.29 is 4.42 Å². The van der Waals surface area contributed by atoms with Crippen molar-refractivity contribution in [2.24, 2.45) is 11.7 Å². The van der Waals surface area contributed by atoms with Crippen LogP contribution in [0, 0.1) is 5.92 Å². The van der Waals surface area contributed by atoms with E-state index in [9.17, 15) is 0 Å². The summed E-state index contributed by atoms with van der Waals surface area (Å²) in [5.41, 5.74) is 7.09. The molecule has 0 aliphatic carbocycles. The number of aromatic nitrogens is 2. The zero-order chi connectivity index (χ0) is 13.8. The molecule has 0 spiro atoms. The molecule has 2 aromatic rings. The predicted octanol–water partition coefficient (Wildman–Crippen LogP) is 3.36. The average Bonchev–Trinajstić information content (AvgIpc) is 2.80. The summed E-state index contributed by atoms with van der Waals surface area (Å²) in [5, 5.41) is 8.76. The van der Waals surface area contributed by atoms with Crippen molar-refractivity contribution in [1.82, 2.24) is 10.2 Å². The molecule has 0 bridgehead atoms. The first-order valence-electron chi connectivity index (χ1n) is 6.37. The van der Waals surface area contributed by atoms with E-state index in [1.54, 1.807) is 0 Å². The van der Waals surface area contributed by atoms with E-state index in [0.717, 1.165) is 12.0 Å². The van der Waals surface area contributed by atoms with Crippen LogP contribution in [0.2, 0.25) is 5.02 Å². The highest BCUT2D eigenvalue weighted by molar-refractivity contribution is 6.30. The maximum atomic E-state index is 6.01. The van der Waals surface area contributed by atoms with E-state index in [-0.39, 0.29) is 6.04 Å². The van der Waals surface area contributed by atoms with Crippen LogP contribution in [0.1, 0.15) is 43.7 Å². The number of rotatable bonds is 5. The van der Waals surface area contributed by atoms with E-state index in [0.29, 0.717) is 29.1 Å². The van der Waals surface area contributed by atoms with Crippen LogP contribution in [0.15, 0.2) is 28.7 Å². The second-order valence-corrected chi connectivity index (χ2v) is 5.51.